The predicted molar refractivity (Wildman–Crippen MR) is 98.6 cm³/mol. The van der Waals surface area contributed by atoms with Gasteiger partial charge in [-0.05, 0) is 36.8 Å². The highest BCUT2D eigenvalue weighted by molar-refractivity contribution is 6.23. The summed E-state index contributed by atoms with van der Waals surface area (Å²) in [5.41, 5.74) is 1.10. The molecule has 2 aromatic carbocycles. The van der Waals surface area contributed by atoms with Crippen molar-refractivity contribution in [2.45, 2.75) is 19.0 Å². The Bertz CT molecular complexity index is 916. The van der Waals surface area contributed by atoms with Gasteiger partial charge in [0.15, 0.2) is 0 Å². The van der Waals surface area contributed by atoms with E-state index in [2.05, 4.69) is 5.32 Å². The van der Waals surface area contributed by atoms with E-state index in [-0.39, 0.29) is 12.5 Å². The number of para-hydroxylation sites is 1. The molecule has 2 saturated heterocycles. The minimum absolute atomic E-state index is 0.167. The number of benzene rings is 2. The lowest BCUT2D eigenvalue weighted by Gasteiger charge is -2.22. The highest BCUT2D eigenvalue weighted by Crippen LogP contribution is 2.45. The van der Waals surface area contributed by atoms with Crippen LogP contribution in [-0.4, -0.2) is 30.4 Å². The number of fused-ring (bicyclic) bond motifs is 1. The Labute approximate surface area is 161 Å². The summed E-state index contributed by atoms with van der Waals surface area (Å²) in [6.07, 6.45) is 0. The number of hydrogen-bond donors (Lipinski definition) is 1. The van der Waals surface area contributed by atoms with Crippen LogP contribution in [0.15, 0.2) is 54.6 Å². The molecule has 0 radical (unpaired) electrons. The maximum atomic E-state index is 13.3. The summed E-state index contributed by atoms with van der Waals surface area (Å²) < 4.78 is 18.5. The second-order valence-electron chi connectivity index (χ2n) is 6.82. The highest BCUT2D eigenvalue weighted by Gasteiger charge is 2.61. The molecule has 7 heteroatoms. The number of imide groups is 1. The summed E-state index contributed by atoms with van der Waals surface area (Å²) in [6, 6.07) is 12.8. The average Bonchev–Trinajstić information content (AvgIpc) is 3.21. The zero-order chi connectivity index (χ0) is 19.8. The molecule has 1 N–H and O–H groups in total. The average molecular weight is 382 g/mol. The number of carbonyl (C=O) groups is 3. The van der Waals surface area contributed by atoms with Crippen LogP contribution in [-0.2, 0) is 19.1 Å². The second-order valence-corrected chi connectivity index (χ2v) is 6.82. The molecule has 0 bridgehead atoms. The molecule has 2 aliphatic rings. The van der Waals surface area contributed by atoms with E-state index in [9.17, 15) is 18.8 Å². The van der Waals surface area contributed by atoms with Crippen molar-refractivity contribution in [2.75, 3.05) is 11.5 Å². The third kappa shape index (κ3) is 2.88. The fourth-order valence-electron chi connectivity index (χ4n) is 4.07. The van der Waals surface area contributed by atoms with Crippen LogP contribution in [0.2, 0.25) is 0 Å². The first-order valence-electron chi connectivity index (χ1n) is 9.14. The summed E-state index contributed by atoms with van der Waals surface area (Å²) in [5.74, 6) is -3.43. The smallest absolute Gasteiger partial charge is 0.324 e. The number of hydrogen-bond acceptors (Lipinski definition) is 5. The van der Waals surface area contributed by atoms with Gasteiger partial charge in [-0.1, -0.05) is 30.3 Å². The molecule has 2 heterocycles. The minimum atomic E-state index is -0.940. The molecule has 0 aromatic heterocycles. The number of rotatable bonds is 4. The van der Waals surface area contributed by atoms with E-state index in [0.29, 0.717) is 11.3 Å². The Balaban J connectivity index is 1.75. The molecule has 0 spiro atoms. The number of anilines is 1. The molecule has 144 valence electrons. The van der Waals surface area contributed by atoms with Crippen LogP contribution in [0.25, 0.3) is 0 Å². The first kappa shape index (κ1) is 18.3. The Kier molecular flexibility index (Phi) is 4.68. The predicted octanol–water partition coefficient (Wildman–Crippen LogP) is 2.21. The lowest BCUT2D eigenvalue weighted by atomic mass is 9.86. The standard InChI is InChI=1S/C21H19FN2O4/c1-2-28-21(27)18-16-15(17(23-18)12-8-10-13(22)11-9-12)19(25)24(20(16)26)14-6-4-3-5-7-14/h3-11,15-18,23H,2H2,1H3/t15-,16+,17-,18-/m0/s1. The van der Waals surface area contributed by atoms with Crippen molar-refractivity contribution in [3.05, 3.63) is 66.0 Å². The van der Waals surface area contributed by atoms with Crippen molar-refractivity contribution in [3.8, 4) is 0 Å². The summed E-state index contributed by atoms with van der Waals surface area (Å²) >= 11 is 0. The van der Waals surface area contributed by atoms with Gasteiger partial charge in [0.2, 0.25) is 11.8 Å². The molecule has 6 nitrogen and oxygen atoms in total. The van der Waals surface area contributed by atoms with Crippen LogP contribution in [0.5, 0.6) is 0 Å². The van der Waals surface area contributed by atoms with Crippen LogP contribution >= 0.6 is 0 Å². The van der Waals surface area contributed by atoms with Crippen molar-refractivity contribution in [1.82, 2.24) is 5.32 Å². The minimum Gasteiger partial charge on any atom is -0.465 e. The fourth-order valence-corrected chi connectivity index (χ4v) is 4.07. The molecule has 0 unspecified atom stereocenters. The van der Waals surface area contributed by atoms with Crippen molar-refractivity contribution in [2.24, 2.45) is 11.8 Å². The van der Waals surface area contributed by atoms with Crippen molar-refractivity contribution < 1.29 is 23.5 Å². The number of esters is 1. The van der Waals surface area contributed by atoms with Crippen LogP contribution in [0.1, 0.15) is 18.5 Å². The third-order valence-electron chi connectivity index (χ3n) is 5.26. The summed E-state index contributed by atoms with van der Waals surface area (Å²) in [5, 5.41) is 3.08. The molecule has 0 aliphatic carbocycles. The van der Waals surface area contributed by atoms with Gasteiger partial charge in [0.05, 0.1) is 24.1 Å². The lowest BCUT2D eigenvalue weighted by molar-refractivity contribution is -0.148. The van der Waals surface area contributed by atoms with Gasteiger partial charge in [0.25, 0.3) is 0 Å². The normalized spacial score (nSPS) is 26.4. The van der Waals surface area contributed by atoms with E-state index < -0.39 is 41.6 Å². The lowest BCUT2D eigenvalue weighted by Crippen LogP contribution is -2.44. The first-order chi connectivity index (χ1) is 13.5. The van der Waals surface area contributed by atoms with E-state index in [1.54, 1.807) is 49.4 Å². The van der Waals surface area contributed by atoms with E-state index in [4.69, 9.17) is 4.74 Å². The zero-order valence-electron chi connectivity index (χ0n) is 15.2. The van der Waals surface area contributed by atoms with Crippen LogP contribution in [0.3, 0.4) is 0 Å². The van der Waals surface area contributed by atoms with E-state index >= 15 is 0 Å². The topological polar surface area (TPSA) is 75.7 Å². The van der Waals surface area contributed by atoms with Crippen LogP contribution in [0.4, 0.5) is 10.1 Å². The Morgan fingerprint density at radius 3 is 2.32 bits per heavy atom. The molecule has 0 saturated carbocycles. The Hall–Kier alpha value is -3.06. The third-order valence-corrected chi connectivity index (χ3v) is 5.26. The number of nitrogens with one attached hydrogen (secondary N) is 1. The highest BCUT2D eigenvalue weighted by atomic mass is 19.1. The fraction of sp³-hybridized carbons (Fsp3) is 0.286. The van der Waals surface area contributed by atoms with Crippen LogP contribution in [0, 0.1) is 17.7 Å². The number of amides is 2. The summed E-state index contributed by atoms with van der Waals surface area (Å²) in [7, 11) is 0. The van der Waals surface area contributed by atoms with Gasteiger partial charge in [0, 0.05) is 6.04 Å². The maximum Gasteiger partial charge on any atom is 0.324 e. The molecule has 28 heavy (non-hydrogen) atoms. The molecule has 2 aliphatic heterocycles. The van der Waals surface area contributed by atoms with E-state index in [0.717, 1.165) is 4.90 Å². The van der Waals surface area contributed by atoms with Gasteiger partial charge in [-0.2, -0.15) is 0 Å². The van der Waals surface area contributed by atoms with Gasteiger partial charge in [0.1, 0.15) is 11.9 Å². The van der Waals surface area contributed by atoms with Gasteiger partial charge in [-0.15, -0.1) is 0 Å². The maximum absolute atomic E-state index is 13.3. The van der Waals surface area contributed by atoms with Gasteiger partial charge in [-0.3, -0.25) is 19.7 Å². The van der Waals surface area contributed by atoms with Crippen LogP contribution < -0.4 is 10.2 Å². The monoisotopic (exact) mass is 382 g/mol. The molecular weight excluding hydrogens is 363 g/mol. The number of halogens is 1. The Morgan fingerprint density at radius 1 is 1.04 bits per heavy atom. The first-order valence-corrected chi connectivity index (χ1v) is 9.14. The SMILES string of the molecule is CCOC(=O)[C@H]1N[C@@H](c2ccc(F)cc2)[C@H]2C(=O)N(c3ccccc3)C(=O)[C@H]21. The zero-order valence-corrected chi connectivity index (χ0v) is 15.2. The molecule has 4 rings (SSSR count). The molecule has 2 aromatic rings. The van der Waals surface area contributed by atoms with Gasteiger partial charge >= 0.3 is 5.97 Å². The number of ether oxygens (including phenoxy) is 1. The number of nitrogens with zero attached hydrogens (tertiary/aromatic N) is 1. The number of carbonyl (C=O) groups excluding carboxylic acids is 3. The largest absolute Gasteiger partial charge is 0.465 e. The van der Waals surface area contributed by atoms with E-state index in [1.807, 2.05) is 0 Å². The molecule has 4 atom stereocenters. The quantitative estimate of drug-likeness (QED) is 0.648. The molecule has 2 amide bonds. The summed E-state index contributed by atoms with van der Waals surface area (Å²) in [6.45, 7) is 1.85. The summed E-state index contributed by atoms with van der Waals surface area (Å²) in [4.78, 5) is 40.0. The van der Waals surface area contributed by atoms with E-state index in [1.165, 1.54) is 12.1 Å². The van der Waals surface area contributed by atoms with Gasteiger partial charge in [-0.25, -0.2) is 9.29 Å². The molecular formula is C21H19FN2O4. The Morgan fingerprint density at radius 2 is 1.68 bits per heavy atom. The van der Waals surface area contributed by atoms with Crippen molar-refractivity contribution in [3.63, 3.8) is 0 Å². The molecule has 2 fully saturated rings. The van der Waals surface area contributed by atoms with Crippen molar-refractivity contribution >= 4 is 23.5 Å². The second kappa shape index (κ2) is 7.16. The van der Waals surface area contributed by atoms with Gasteiger partial charge < -0.3 is 4.74 Å². The van der Waals surface area contributed by atoms with Crippen molar-refractivity contribution in [1.29, 1.82) is 0 Å².